The molecule has 0 amide bonds. The summed E-state index contributed by atoms with van der Waals surface area (Å²) in [6.07, 6.45) is 0. The molecule has 1 aromatic carbocycles. The molecule has 0 saturated carbocycles. The van der Waals surface area contributed by atoms with Gasteiger partial charge in [-0.1, -0.05) is 18.2 Å². The van der Waals surface area contributed by atoms with Gasteiger partial charge in [0.05, 0.1) is 0 Å². The minimum absolute atomic E-state index is 0.0364. The number of aromatic nitrogens is 3. The first-order valence-corrected chi connectivity index (χ1v) is 5.37. The summed E-state index contributed by atoms with van der Waals surface area (Å²) in [5.41, 5.74) is 1.50. The van der Waals surface area contributed by atoms with Gasteiger partial charge in [-0.15, -0.1) is 0 Å². The molecule has 0 aliphatic heterocycles. The molecular weight excluding hydrogens is 214 g/mol. The second-order valence-electron chi connectivity index (χ2n) is 3.89. The number of hydrogen-bond donors (Lipinski definition) is 0. The van der Waals surface area contributed by atoms with Crippen molar-refractivity contribution in [2.45, 2.75) is 20.8 Å². The molecule has 0 saturated heterocycles. The van der Waals surface area contributed by atoms with Crippen molar-refractivity contribution in [3.05, 3.63) is 41.5 Å². The lowest BCUT2D eigenvalue weighted by Gasteiger charge is -2.03. The van der Waals surface area contributed by atoms with Gasteiger partial charge in [-0.2, -0.15) is 0 Å². The number of hydrogen-bond acceptors (Lipinski definition) is 4. The minimum Gasteiger partial charge on any atom is -0.295 e. The van der Waals surface area contributed by atoms with Crippen LogP contribution in [0.4, 0.5) is 0 Å². The van der Waals surface area contributed by atoms with Gasteiger partial charge in [0.2, 0.25) is 0 Å². The first-order valence-electron chi connectivity index (χ1n) is 5.37. The summed E-state index contributed by atoms with van der Waals surface area (Å²) in [6, 6.07) is 7.31. The lowest BCUT2D eigenvalue weighted by atomic mass is 10.1. The number of Topliss-reactive ketones (excluding diaryl/α,β-unsaturated/α-hetero) is 1. The molecule has 0 spiro atoms. The Hall–Kier alpha value is -2.10. The van der Waals surface area contributed by atoms with E-state index in [1.54, 1.807) is 19.1 Å². The van der Waals surface area contributed by atoms with Gasteiger partial charge >= 0.3 is 0 Å². The number of carbonyl (C=O) groups excluding carboxylic acids is 1. The predicted octanol–water partition coefficient (Wildman–Crippen LogP) is 2.36. The van der Waals surface area contributed by atoms with Gasteiger partial charge < -0.3 is 0 Å². The molecule has 1 heterocycles. The van der Waals surface area contributed by atoms with Crippen LogP contribution in [0.1, 0.15) is 28.9 Å². The summed E-state index contributed by atoms with van der Waals surface area (Å²) in [7, 11) is 0. The molecule has 2 rings (SSSR count). The van der Waals surface area contributed by atoms with Gasteiger partial charge in [0.1, 0.15) is 11.6 Å². The van der Waals surface area contributed by atoms with E-state index in [0.717, 1.165) is 5.56 Å². The molecule has 17 heavy (non-hydrogen) atoms. The van der Waals surface area contributed by atoms with Crippen LogP contribution in [0.2, 0.25) is 0 Å². The van der Waals surface area contributed by atoms with Crippen molar-refractivity contribution in [2.24, 2.45) is 0 Å². The molecular formula is C13H13N3O. The second kappa shape index (κ2) is 4.41. The van der Waals surface area contributed by atoms with Crippen LogP contribution >= 0.6 is 0 Å². The fourth-order valence-electron chi connectivity index (χ4n) is 1.62. The lowest BCUT2D eigenvalue weighted by molar-refractivity contribution is 0.101. The largest absolute Gasteiger partial charge is 0.295 e. The number of benzene rings is 1. The van der Waals surface area contributed by atoms with E-state index in [2.05, 4.69) is 15.0 Å². The van der Waals surface area contributed by atoms with Crippen molar-refractivity contribution in [1.29, 1.82) is 0 Å². The highest BCUT2D eigenvalue weighted by Crippen LogP contribution is 2.16. The molecule has 0 aliphatic rings. The molecule has 0 fully saturated rings. The van der Waals surface area contributed by atoms with Gasteiger partial charge in [-0.25, -0.2) is 15.0 Å². The number of rotatable bonds is 2. The van der Waals surface area contributed by atoms with Crippen molar-refractivity contribution < 1.29 is 4.79 Å². The Labute approximate surface area is 99.8 Å². The van der Waals surface area contributed by atoms with E-state index in [9.17, 15) is 4.79 Å². The van der Waals surface area contributed by atoms with E-state index in [4.69, 9.17) is 0 Å². The molecule has 2 aromatic rings. The standard InChI is InChI=1S/C13H13N3O/c1-8(17)11-5-4-6-12(7-11)13-15-9(2)14-10(3)16-13/h4-7H,1-3H3. The van der Waals surface area contributed by atoms with E-state index in [0.29, 0.717) is 23.0 Å². The Balaban J connectivity index is 2.52. The van der Waals surface area contributed by atoms with Gasteiger partial charge in [-0.05, 0) is 26.8 Å². The fourth-order valence-corrected chi connectivity index (χ4v) is 1.62. The average Bonchev–Trinajstić information content (AvgIpc) is 2.28. The number of ketones is 1. The number of nitrogens with zero attached hydrogens (tertiary/aromatic N) is 3. The van der Waals surface area contributed by atoms with Crippen LogP contribution in [-0.2, 0) is 0 Å². The molecule has 0 unspecified atom stereocenters. The molecule has 0 N–H and O–H groups in total. The molecule has 86 valence electrons. The SMILES string of the molecule is CC(=O)c1cccc(-c2nc(C)nc(C)n2)c1. The van der Waals surface area contributed by atoms with Crippen LogP contribution in [0.5, 0.6) is 0 Å². The third-order valence-corrected chi connectivity index (χ3v) is 2.39. The monoisotopic (exact) mass is 227 g/mol. The zero-order valence-electron chi connectivity index (χ0n) is 10.1. The Morgan fingerprint density at radius 3 is 2.29 bits per heavy atom. The highest BCUT2D eigenvalue weighted by molar-refractivity contribution is 5.95. The van der Waals surface area contributed by atoms with Crippen LogP contribution in [0.3, 0.4) is 0 Å². The molecule has 4 heteroatoms. The van der Waals surface area contributed by atoms with E-state index in [1.165, 1.54) is 0 Å². The first-order chi connectivity index (χ1) is 8.06. The van der Waals surface area contributed by atoms with Crippen LogP contribution in [0.15, 0.2) is 24.3 Å². The van der Waals surface area contributed by atoms with E-state index in [1.807, 2.05) is 26.0 Å². The Morgan fingerprint density at radius 2 is 1.71 bits per heavy atom. The Kier molecular flexibility index (Phi) is 2.95. The van der Waals surface area contributed by atoms with Gasteiger partial charge in [0.15, 0.2) is 11.6 Å². The molecule has 4 nitrogen and oxygen atoms in total. The summed E-state index contributed by atoms with van der Waals surface area (Å²) in [4.78, 5) is 24.0. The normalized spacial score (nSPS) is 10.3. The smallest absolute Gasteiger partial charge is 0.163 e. The van der Waals surface area contributed by atoms with Crippen molar-refractivity contribution in [3.8, 4) is 11.4 Å². The Bertz CT molecular complexity index is 558. The van der Waals surface area contributed by atoms with Crippen LogP contribution in [0.25, 0.3) is 11.4 Å². The lowest BCUT2D eigenvalue weighted by Crippen LogP contribution is -2.00. The molecule has 1 aromatic heterocycles. The second-order valence-corrected chi connectivity index (χ2v) is 3.89. The third kappa shape index (κ3) is 2.53. The summed E-state index contributed by atoms with van der Waals surface area (Å²) >= 11 is 0. The minimum atomic E-state index is 0.0364. The van der Waals surface area contributed by atoms with Crippen LogP contribution in [0, 0.1) is 13.8 Å². The van der Waals surface area contributed by atoms with Gasteiger partial charge in [-0.3, -0.25) is 4.79 Å². The van der Waals surface area contributed by atoms with Gasteiger partial charge in [0, 0.05) is 11.1 Å². The fraction of sp³-hybridized carbons (Fsp3) is 0.231. The maximum atomic E-state index is 11.3. The Morgan fingerprint density at radius 1 is 1.06 bits per heavy atom. The molecule has 0 aliphatic carbocycles. The highest BCUT2D eigenvalue weighted by atomic mass is 16.1. The van der Waals surface area contributed by atoms with Gasteiger partial charge in [0.25, 0.3) is 0 Å². The zero-order valence-corrected chi connectivity index (χ0v) is 10.1. The number of aryl methyl sites for hydroxylation is 2. The van der Waals surface area contributed by atoms with Crippen molar-refractivity contribution in [1.82, 2.24) is 15.0 Å². The van der Waals surface area contributed by atoms with E-state index >= 15 is 0 Å². The quantitative estimate of drug-likeness (QED) is 0.739. The van der Waals surface area contributed by atoms with Crippen LogP contribution in [-0.4, -0.2) is 20.7 Å². The average molecular weight is 227 g/mol. The maximum Gasteiger partial charge on any atom is 0.163 e. The van der Waals surface area contributed by atoms with Crippen molar-refractivity contribution in [2.75, 3.05) is 0 Å². The van der Waals surface area contributed by atoms with E-state index in [-0.39, 0.29) is 5.78 Å². The van der Waals surface area contributed by atoms with Crippen molar-refractivity contribution >= 4 is 5.78 Å². The van der Waals surface area contributed by atoms with Crippen LogP contribution < -0.4 is 0 Å². The number of carbonyl (C=O) groups is 1. The summed E-state index contributed by atoms with van der Waals surface area (Å²) in [5.74, 6) is 2.01. The predicted molar refractivity (Wildman–Crippen MR) is 64.7 cm³/mol. The highest BCUT2D eigenvalue weighted by Gasteiger charge is 2.06. The third-order valence-electron chi connectivity index (χ3n) is 2.39. The van der Waals surface area contributed by atoms with E-state index < -0.39 is 0 Å². The summed E-state index contributed by atoms with van der Waals surface area (Å²) < 4.78 is 0. The van der Waals surface area contributed by atoms with Crippen molar-refractivity contribution in [3.63, 3.8) is 0 Å². The topological polar surface area (TPSA) is 55.7 Å². The first kappa shape index (κ1) is 11.4. The molecule has 0 bridgehead atoms. The zero-order chi connectivity index (χ0) is 12.4. The maximum absolute atomic E-state index is 11.3. The summed E-state index contributed by atoms with van der Waals surface area (Å²) in [5, 5.41) is 0. The molecule has 0 atom stereocenters. The molecule has 0 radical (unpaired) electrons. The summed E-state index contributed by atoms with van der Waals surface area (Å²) in [6.45, 7) is 5.20.